The molecule has 9 heteroatoms. The number of carboxylic acid groups (broad SMARTS) is 1. The van der Waals surface area contributed by atoms with Crippen molar-refractivity contribution in [1.29, 1.82) is 0 Å². The van der Waals surface area contributed by atoms with Crippen molar-refractivity contribution in [2.24, 2.45) is 0 Å². The monoisotopic (exact) mass is 378 g/mol. The summed E-state index contributed by atoms with van der Waals surface area (Å²) >= 11 is 0. The van der Waals surface area contributed by atoms with Gasteiger partial charge in [0.2, 0.25) is 0 Å². The Morgan fingerprint density at radius 3 is 2.37 bits per heavy atom. The minimum absolute atomic E-state index is 0.0851. The van der Waals surface area contributed by atoms with Gasteiger partial charge >= 0.3 is 12.0 Å². The van der Waals surface area contributed by atoms with Crippen LogP contribution in [-0.4, -0.2) is 77.6 Å². The maximum absolute atomic E-state index is 14.3. The van der Waals surface area contributed by atoms with Crippen molar-refractivity contribution in [2.75, 3.05) is 44.2 Å². The second-order valence-corrected chi connectivity index (χ2v) is 7.19. The maximum Gasteiger partial charge on any atom is 0.323 e. The van der Waals surface area contributed by atoms with Crippen molar-refractivity contribution in [3.05, 3.63) is 29.6 Å². The first-order valence-electron chi connectivity index (χ1n) is 8.84. The van der Waals surface area contributed by atoms with Crippen LogP contribution in [0.5, 0.6) is 0 Å². The Balaban J connectivity index is 1.73. The maximum atomic E-state index is 14.3. The van der Waals surface area contributed by atoms with Gasteiger partial charge in [-0.05, 0) is 32.0 Å². The molecule has 0 radical (unpaired) electrons. The summed E-state index contributed by atoms with van der Waals surface area (Å²) < 4.78 is 14.3. The number of urea groups is 1. The normalized spacial score (nSPS) is 18.6. The molecular weight excluding hydrogens is 355 g/mol. The highest BCUT2D eigenvalue weighted by Crippen LogP contribution is 2.23. The summed E-state index contributed by atoms with van der Waals surface area (Å²) in [6.07, 6.45) is 0. The zero-order chi connectivity index (χ0) is 19.8. The Kier molecular flexibility index (Phi) is 5.05. The molecule has 2 heterocycles. The molecule has 146 valence electrons. The first kappa shape index (κ1) is 19.1. The number of amides is 3. The summed E-state index contributed by atoms with van der Waals surface area (Å²) in [6, 6.07) is 3.79. The summed E-state index contributed by atoms with van der Waals surface area (Å²) in [5, 5.41) is 12.0. The number of benzene rings is 1. The standard InChI is InChI=1S/C18H23FN4O4/c1-18(2,16(25)26)22-9-7-21(8-10-22)15(24)13-11-12(3-4-14(13)19)23-6-5-20-17(23)27/h3-4,11H,5-10H2,1-2H3,(H,20,27)(H,25,26). The van der Waals surface area contributed by atoms with E-state index in [1.807, 2.05) is 0 Å². The molecule has 0 saturated carbocycles. The minimum Gasteiger partial charge on any atom is -0.480 e. The van der Waals surface area contributed by atoms with Crippen LogP contribution < -0.4 is 10.2 Å². The van der Waals surface area contributed by atoms with Crippen LogP contribution in [-0.2, 0) is 4.79 Å². The largest absolute Gasteiger partial charge is 0.480 e. The van der Waals surface area contributed by atoms with Crippen molar-refractivity contribution in [1.82, 2.24) is 15.1 Å². The van der Waals surface area contributed by atoms with Gasteiger partial charge in [-0.25, -0.2) is 9.18 Å². The molecule has 1 aromatic rings. The number of anilines is 1. The predicted octanol–water partition coefficient (Wildman–Crippen LogP) is 0.976. The summed E-state index contributed by atoms with van der Waals surface area (Å²) in [5.41, 5.74) is -0.637. The van der Waals surface area contributed by atoms with Gasteiger partial charge in [0.1, 0.15) is 11.4 Å². The van der Waals surface area contributed by atoms with Gasteiger partial charge in [0.05, 0.1) is 5.56 Å². The first-order chi connectivity index (χ1) is 12.7. The van der Waals surface area contributed by atoms with Gasteiger partial charge < -0.3 is 15.3 Å². The number of carboxylic acids is 1. The van der Waals surface area contributed by atoms with Crippen LogP contribution in [0.2, 0.25) is 0 Å². The third-order valence-corrected chi connectivity index (χ3v) is 5.23. The lowest BCUT2D eigenvalue weighted by Gasteiger charge is -2.41. The van der Waals surface area contributed by atoms with E-state index in [0.717, 1.165) is 0 Å². The number of nitrogens with zero attached hydrogens (tertiary/aromatic N) is 3. The lowest BCUT2D eigenvalue weighted by atomic mass is 10.0. The highest BCUT2D eigenvalue weighted by atomic mass is 19.1. The van der Waals surface area contributed by atoms with Crippen LogP contribution in [0.4, 0.5) is 14.9 Å². The Hall–Kier alpha value is -2.68. The van der Waals surface area contributed by atoms with E-state index in [1.54, 1.807) is 18.7 Å². The molecular formula is C18H23FN4O4. The number of hydrogen-bond donors (Lipinski definition) is 2. The SMILES string of the molecule is CC(C)(C(=O)O)N1CCN(C(=O)c2cc(N3CCNC3=O)ccc2F)CC1. The van der Waals surface area contributed by atoms with Crippen LogP contribution in [0.1, 0.15) is 24.2 Å². The van der Waals surface area contributed by atoms with Crippen molar-refractivity contribution < 1.29 is 23.9 Å². The van der Waals surface area contributed by atoms with Crippen molar-refractivity contribution >= 4 is 23.6 Å². The quantitative estimate of drug-likeness (QED) is 0.815. The number of aliphatic carboxylic acids is 1. The number of carbonyl (C=O) groups excluding carboxylic acids is 2. The van der Waals surface area contributed by atoms with E-state index in [4.69, 9.17) is 0 Å². The third kappa shape index (κ3) is 3.59. The zero-order valence-electron chi connectivity index (χ0n) is 15.4. The summed E-state index contributed by atoms with van der Waals surface area (Å²) in [6.45, 7) is 5.60. The Bertz CT molecular complexity index is 775. The van der Waals surface area contributed by atoms with Gasteiger partial charge in [-0.2, -0.15) is 0 Å². The smallest absolute Gasteiger partial charge is 0.323 e. The van der Waals surface area contributed by atoms with E-state index >= 15 is 0 Å². The van der Waals surface area contributed by atoms with E-state index < -0.39 is 23.2 Å². The molecule has 2 aliphatic rings. The number of piperazine rings is 1. The highest BCUT2D eigenvalue weighted by molar-refractivity contribution is 5.98. The van der Waals surface area contributed by atoms with Crippen molar-refractivity contribution in [2.45, 2.75) is 19.4 Å². The van der Waals surface area contributed by atoms with E-state index in [0.29, 0.717) is 45.0 Å². The van der Waals surface area contributed by atoms with Crippen molar-refractivity contribution in [3.8, 4) is 0 Å². The molecule has 1 aromatic carbocycles. The van der Waals surface area contributed by atoms with Crippen LogP contribution in [0, 0.1) is 5.82 Å². The molecule has 2 aliphatic heterocycles. The van der Waals surface area contributed by atoms with Gasteiger partial charge in [-0.1, -0.05) is 0 Å². The molecule has 2 fully saturated rings. The number of halogens is 1. The molecule has 3 amide bonds. The van der Waals surface area contributed by atoms with Crippen LogP contribution in [0.25, 0.3) is 0 Å². The fourth-order valence-corrected chi connectivity index (χ4v) is 3.34. The summed E-state index contributed by atoms with van der Waals surface area (Å²) in [7, 11) is 0. The molecule has 0 unspecified atom stereocenters. The average Bonchev–Trinajstić information content (AvgIpc) is 3.07. The van der Waals surface area contributed by atoms with Gasteiger partial charge in [0.15, 0.2) is 0 Å². The van der Waals surface area contributed by atoms with Gasteiger partial charge in [-0.3, -0.25) is 19.4 Å². The third-order valence-electron chi connectivity index (χ3n) is 5.23. The summed E-state index contributed by atoms with van der Waals surface area (Å²) in [5.74, 6) is -2.02. The topological polar surface area (TPSA) is 93.2 Å². The molecule has 27 heavy (non-hydrogen) atoms. The van der Waals surface area contributed by atoms with Gasteiger partial charge in [0.25, 0.3) is 5.91 Å². The Morgan fingerprint density at radius 2 is 1.81 bits per heavy atom. The molecule has 0 aromatic heterocycles. The van der Waals surface area contributed by atoms with E-state index in [1.165, 1.54) is 28.0 Å². The molecule has 2 N–H and O–H groups in total. The molecule has 3 rings (SSSR count). The molecule has 8 nitrogen and oxygen atoms in total. The van der Waals surface area contributed by atoms with E-state index in [-0.39, 0.29) is 11.6 Å². The number of nitrogens with one attached hydrogen (secondary N) is 1. The number of hydrogen-bond acceptors (Lipinski definition) is 4. The second-order valence-electron chi connectivity index (χ2n) is 7.19. The molecule has 0 spiro atoms. The summed E-state index contributed by atoms with van der Waals surface area (Å²) in [4.78, 5) is 40.7. The zero-order valence-corrected chi connectivity index (χ0v) is 15.4. The van der Waals surface area contributed by atoms with Gasteiger partial charge in [-0.15, -0.1) is 0 Å². The molecule has 0 aliphatic carbocycles. The fourth-order valence-electron chi connectivity index (χ4n) is 3.34. The Morgan fingerprint density at radius 1 is 1.15 bits per heavy atom. The second kappa shape index (κ2) is 7.15. The van der Waals surface area contributed by atoms with E-state index in [2.05, 4.69) is 5.32 Å². The first-order valence-corrected chi connectivity index (χ1v) is 8.84. The number of carbonyl (C=O) groups is 3. The van der Waals surface area contributed by atoms with Crippen LogP contribution in [0.3, 0.4) is 0 Å². The Labute approximate surface area is 156 Å². The minimum atomic E-state index is -1.02. The van der Waals surface area contributed by atoms with Crippen LogP contribution >= 0.6 is 0 Å². The number of rotatable bonds is 4. The molecule has 0 bridgehead atoms. The lowest BCUT2D eigenvalue weighted by molar-refractivity contribution is -0.150. The lowest BCUT2D eigenvalue weighted by Crippen LogP contribution is -2.58. The van der Waals surface area contributed by atoms with Crippen LogP contribution in [0.15, 0.2) is 18.2 Å². The fraction of sp³-hybridized carbons (Fsp3) is 0.500. The molecule has 2 saturated heterocycles. The molecule has 0 atom stereocenters. The van der Waals surface area contributed by atoms with E-state index in [9.17, 15) is 23.9 Å². The van der Waals surface area contributed by atoms with Crippen molar-refractivity contribution in [3.63, 3.8) is 0 Å². The predicted molar refractivity (Wildman–Crippen MR) is 96.3 cm³/mol. The highest BCUT2D eigenvalue weighted by Gasteiger charge is 2.37. The average molecular weight is 378 g/mol. The van der Waals surface area contributed by atoms with Gasteiger partial charge in [0, 0.05) is 45.0 Å².